The zero-order valence-corrected chi connectivity index (χ0v) is 25.5. The molecule has 15 heteroatoms. The predicted molar refractivity (Wildman–Crippen MR) is 159 cm³/mol. The molecule has 0 spiro atoms. The summed E-state index contributed by atoms with van der Waals surface area (Å²) in [6.07, 6.45) is -2.65. The second-order valence-electron chi connectivity index (χ2n) is 10.5. The van der Waals surface area contributed by atoms with Crippen molar-refractivity contribution in [3.05, 3.63) is 91.6 Å². The van der Waals surface area contributed by atoms with Crippen LogP contribution in [0.2, 0.25) is 5.02 Å². The third-order valence-electron chi connectivity index (χ3n) is 7.22. The number of hydrogen-bond donors (Lipinski definition) is 1. The van der Waals surface area contributed by atoms with Gasteiger partial charge in [-0.1, -0.05) is 54.1 Å². The van der Waals surface area contributed by atoms with Crippen LogP contribution in [-0.4, -0.2) is 48.8 Å². The third-order valence-corrected chi connectivity index (χ3v) is 9.71. The van der Waals surface area contributed by atoms with E-state index in [0.717, 1.165) is 33.0 Å². The van der Waals surface area contributed by atoms with Crippen LogP contribution in [0.5, 0.6) is 0 Å². The van der Waals surface area contributed by atoms with E-state index < -0.39 is 38.7 Å². The summed E-state index contributed by atoms with van der Waals surface area (Å²) in [5.74, 6) is -0.653. The third kappa shape index (κ3) is 7.32. The second-order valence-corrected chi connectivity index (χ2v) is 13.2. The summed E-state index contributed by atoms with van der Waals surface area (Å²) in [5, 5.41) is -0.170. The summed E-state index contributed by atoms with van der Waals surface area (Å²) < 4.78 is 74.5. The predicted octanol–water partition coefficient (Wildman–Crippen LogP) is 4.56. The van der Waals surface area contributed by atoms with Crippen molar-refractivity contribution in [1.29, 1.82) is 0 Å². The molecule has 0 N–H and O–H groups in total. The smallest absolute Gasteiger partial charge is 0.353 e. The standard InChI is InChI=1S/C29H32ClF3N4O6S/c1-35-25-24(26(38)36(28(35)39)15-7-17-42-23-10-5-6-16-41-23)37(18-20-11-13-22(30)14-12-20)27(34-25)44(40,43-29(31,32)33)19-21-8-3-2-4-9-21/h2-4,8-9,11-14,23,44H,5-7,10,15-19H2,1H3. The molecule has 4 aromatic rings. The normalized spacial score (nSPS) is 16.4. The summed E-state index contributed by atoms with van der Waals surface area (Å²) in [5.41, 5.74) is -1.08. The van der Waals surface area contributed by atoms with Crippen molar-refractivity contribution >= 4 is 33.0 Å². The Morgan fingerprint density at radius 3 is 2.43 bits per heavy atom. The number of imidazole rings is 1. The van der Waals surface area contributed by atoms with Gasteiger partial charge in [-0.05, 0) is 48.9 Å². The van der Waals surface area contributed by atoms with E-state index in [2.05, 4.69) is 9.17 Å². The van der Waals surface area contributed by atoms with Crippen LogP contribution in [0.25, 0.3) is 11.2 Å². The van der Waals surface area contributed by atoms with Crippen LogP contribution in [0.1, 0.15) is 36.8 Å². The first-order valence-corrected chi connectivity index (χ1v) is 16.2. The van der Waals surface area contributed by atoms with Gasteiger partial charge in [0.15, 0.2) is 17.5 Å². The van der Waals surface area contributed by atoms with E-state index in [4.69, 9.17) is 21.1 Å². The molecule has 1 unspecified atom stereocenters. The zero-order valence-electron chi connectivity index (χ0n) is 23.8. The molecule has 0 radical (unpaired) electrons. The minimum absolute atomic E-state index is 0.0314. The summed E-state index contributed by atoms with van der Waals surface area (Å²) in [6, 6.07) is 14.3. The van der Waals surface area contributed by atoms with Crippen LogP contribution < -0.4 is 11.2 Å². The molecule has 44 heavy (non-hydrogen) atoms. The van der Waals surface area contributed by atoms with Gasteiger partial charge in [-0.3, -0.25) is 13.9 Å². The number of aromatic nitrogens is 4. The molecule has 0 aliphatic carbocycles. The molecule has 1 atom stereocenters. The molecule has 2 aromatic heterocycles. The average Bonchev–Trinajstić information content (AvgIpc) is 3.37. The lowest BCUT2D eigenvalue weighted by Crippen LogP contribution is -2.40. The van der Waals surface area contributed by atoms with Crippen molar-refractivity contribution in [2.75, 3.05) is 13.2 Å². The molecule has 3 heterocycles. The fourth-order valence-corrected chi connectivity index (χ4v) is 7.38. The van der Waals surface area contributed by atoms with Gasteiger partial charge in [0.1, 0.15) is 0 Å². The Morgan fingerprint density at radius 2 is 1.77 bits per heavy atom. The largest absolute Gasteiger partial charge is 0.541 e. The lowest BCUT2D eigenvalue weighted by Gasteiger charge is -2.29. The number of halogens is 4. The van der Waals surface area contributed by atoms with Gasteiger partial charge in [-0.2, -0.15) is 9.17 Å². The van der Waals surface area contributed by atoms with E-state index in [9.17, 15) is 27.0 Å². The van der Waals surface area contributed by atoms with Gasteiger partial charge in [0.05, 0.1) is 18.9 Å². The number of fused-ring (bicyclic) bond motifs is 1. The Labute approximate surface area is 256 Å². The second kappa shape index (κ2) is 13.4. The molecule has 1 aliphatic rings. The van der Waals surface area contributed by atoms with E-state index in [1.54, 1.807) is 42.5 Å². The quantitative estimate of drug-likeness (QED) is 0.186. The lowest BCUT2D eigenvalue weighted by molar-refractivity contribution is -0.271. The Kier molecular flexibility index (Phi) is 9.75. The molecule has 0 saturated carbocycles. The van der Waals surface area contributed by atoms with E-state index in [1.807, 2.05) is 0 Å². The highest BCUT2D eigenvalue weighted by molar-refractivity contribution is 7.97. The molecular formula is C29H32ClF3N4O6S. The van der Waals surface area contributed by atoms with Gasteiger partial charge in [-0.25, -0.2) is 9.00 Å². The first-order chi connectivity index (χ1) is 20.9. The molecule has 0 amide bonds. The van der Waals surface area contributed by atoms with Crippen molar-refractivity contribution in [3.8, 4) is 0 Å². The topological polar surface area (TPSA) is 107 Å². The molecule has 2 aromatic carbocycles. The fraction of sp³-hybridized carbons (Fsp3) is 0.414. The molecule has 1 fully saturated rings. The van der Waals surface area contributed by atoms with Crippen molar-refractivity contribution in [2.24, 2.45) is 7.05 Å². The summed E-state index contributed by atoms with van der Waals surface area (Å²) in [7, 11) is -3.53. The lowest BCUT2D eigenvalue weighted by atomic mass is 10.2. The SMILES string of the molecule is Cn1c(=O)n(CCCOC2CCCCO2)c(=O)c2c1nc([SH](=O)(Cc1ccccc1)OC(F)(F)F)n2Cc1ccc(Cl)cc1. The number of ether oxygens (including phenoxy) is 2. The molecule has 5 rings (SSSR count). The first-order valence-electron chi connectivity index (χ1n) is 14.0. The van der Waals surface area contributed by atoms with Gasteiger partial charge >= 0.3 is 12.1 Å². The fourth-order valence-electron chi connectivity index (χ4n) is 5.15. The van der Waals surface area contributed by atoms with Gasteiger partial charge in [0.25, 0.3) is 5.56 Å². The maximum absolute atomic E-state index is 14.3. The van der Waals surface area contributed by atoms with Crippen molar-refractivity contribution in [2.45, 2.75) is 62.3 Å². The Hall–Kier alpha value is -3.30. The van der Waals surface area contributed by atoms with Crippen LogP contribution in [0.3, 0.4) is 0 Å². The van der Waals surface area contributed by atoms with Crippen LogP contribution in [0.4, 0.5) is 13.2 Å². The monoisotopic (exact) mass is 656 g/mol. The summed E-state index contributed by atoms with van der Waals surface area (Å²) >= 11 is 6.03. The van der Waals surface area contributed by atoms with Gasteiger partial charge in [0.2, 0.25) is 5.16 Å². The summed E-state index contributed by atoms with van der Waals surface area (Å²) in [6.45, 7) is 0.599. The van der Waals surface area contributed by atoms with Crippen LogP contribution in [-0.2, 0) is 49.8 Å². The van der Waals surface area contributed by atoms with Gasteiger partial charge in [0, 0.05) is 25.2 Å². The number of benzene rings is 2. The Morgan fingerprint density at radius 1 is 1.05 bits per heavy atom. The minimum Gasteiger partial charge on any atom is -0.353 e. The molecule has 238 valence electrons. The van der Waals surface area contributed by atoms with Crippen LogP contribution in [0.15, 0.2) is 69.3 Å². The van der Waals surface area contributed by atoms with Gasteiger partial charge in [-0.15, -0.1) is 23.4 Å². The molecule has 0 bridgehead atoms. The molecular weight excluding hydrogens is 625 g/mol. The highest BCUT2D eigenvalue weighted by Gasteiger charge is 2.39. The summed E-state index contributed by atoms with van der Waals surface area (Å²) in [4.78, 5) is 31.5. The van der Waals surface area contributed by atoms with E-state index in [-0.39, 0.29) is 37.2 Å². The number of hydrogen-bond acceptors (Lipinski definition) is 7. The van der Waals surface area contributed by atoms with E-state index in [1.165, 1.54) is 19.2 Å². The molecule has 1 saturated heterocycles. The van der Waals surface area contributed by atoms with Crippen LogP contribution >= 0.6 is 11.6 Å². The average molecular weight is 657 g/mol. The molecule has 1 aliphatic heterocycles. The van der Waals surface area contributed by atoms with Crippen molar-refractivity contribution in [3.63, 3.8) is 0 Å². The van der Waals surface area contributed by atoms with Crippen molar-refractivity contribution in [1.82, 2.24) is 18.7 Å². The zero-order chi connectivity index (χ0) is 31.5. The van der Waals surface area contributed by atoms with Crippen LogP contribution in [0, 0.1) is 0 Å². The number of alkyl halides is 3. The van der Waals surface area contributed by atoms with E-state index in [0.29, 0.717) is 29.2 Å². The Bertz CT molecular complexity index is 1770. The van der Waals surface area contributed by atoms with Crippen molar-refractivity contribution < 1.29 is 31.0 Å². The van der Waals surface area contributed by atoms with E-state index >= 15 is 0 Å². The highest BCUT2D eigenvalue weighted by atomic mass is 35.5. The first kappa shape index (κ1) is 32.1. The molecule has 10 nitrogen and oxygen atoms in total. The number of rotatable bonds is 11. The number of thiol groups is 1. The number of nitrogens with zero attached hydrogens (tertiary/aromatic N) is 4. The van der Waals surface area contributed by atoms with Gasteiger partial charge < -0.3 is 14.0 Å². The maximum Gasteiger partial charge on any atom is 0.541 e. The Balaban J connectivity index is 1.62. The minimum atomic E-state index is -5.29. The highest BCUT2D eigenvalue weighted by Crippen LogP contribution is 2.34. The number of aryl methyl sites for hydroxylation is 1. The maximum atomic E-state index is 14.3.